The molecule has 0 fully saturated rings. The highest BCUT2D eigenvalue weighted by molar-refractivity contribution is 9.10. The van der Waals surface area contributed by atoms with E-state index in [1.165, 1.54) is 29.1 Å². The molecule has 10 heteroatoms. The van der Waals surface area contributed by atoms with Gasteiger partial charge in [0.1, 0.15) is 12.0 Å². The molecule has 0 saturated heterocycles. The van der Waals surface area contributed by atoms with Crippen LogP contribution in [0.25, 0.3) is 0 Å². The van der Waals surface area contributed by atoms with Gasteiger partial charge < -0.3 is 0 Å². The highest BCUT2D eigenvalue weighted by Crippen LogP contribution is 2.18. The number of nitro groups is 1. The topological polar surface area (TPSA) is 102 Å². The Kier molecular flexibility index (Phi) is 5.90. The molecule has 0 aliphatic heterocycles. The van der Waals surface area contributed by atoms with Crippen LogP contribution < -0.4 is 5.43 Å². The van der Waals surface area contributed by atoms with Crippen molar-refractivity contribution >= 4 is 33.7 Å². The summed E-state index contributed by atoms with van der Waals surface area (Å²) in [6.45, 7) is 0.250. The highest BCUT2D eigenvalue weighted by Gasteiger charge is 2.25. The zero-order valence-electron chi connectivity index (χ0n) is 14.3. The number of carbonyl (C=O) groups is 1. The van der Waals surface area contributed by atoms with Crippen molar-refractivity contribution in [1.82, 2.24) is 15.2 Å². The molecule has 0 aliphatic carbocycles. The first-order valence-corrected chi connectivity index (χ1v) is 8.77. The lowest BCUT2D eigenvalue weighted by atomic mass is 10.2. The minimum absolute atomic E-state index is 0.165. The van der Waals surface area contributed by atoms with Crippen LogP contribution in [-0.2, 0) is 6.54 Å². The maximum atomic E-state index is 13.5. The van der Waals surface area contributed by atoms with Crippen LogP contribution in [0.1, 0.15) is 21.6 Å². The Morgan fingerprint density at radius 1 is 1.29 bits per heavy atom. The van der Waals surface area contributed by atoms with E-state index < -0.39 is 22.3 Å². The SMILES string of the molecule is O=C(N/N=C\c1ccccc1F)c1nn(Cc2ccc(Br)cc2)cc1[N+](=O)[O-]. The van der Waals surface area contributed by atoms with Crippen molar-refractivity contribution in [1.29, 1.82) is 0 Å². The van der Waals surface area contributed by atoms with Gasteiger partial charge in [-0.15, -0.1) is 0 Å². The first-order valence-electron chi connectivity index (χ1n) is 7.98. The van der Waals surface area contributed by atoms with E-state index in [0.717, 1.165) is 16.3 Å². The van der Waals surface area contributed by atoms with Gasteiger partial charge in [0.2, 0.25) is 5.69 Å². The van der Waals surface area contributed by atoms with E-state index >= 15 is 0 Å². The Morgan fingerprint density at radius 2 is 2.00 bits per heavy atom. The summed E-state index contributed by atoms with van der Waals surface area (Å²) in [6.07, 6.45) is 2.29. The molecule has 8 nitrogen and oxygen atoms in total. The minimum atomic E-state index is -0.867. The highest BCUT2D eigenvalue weighted by atomic mass is 79.9. The van der Waals surface area contributed by atoms with Crippen molar-refractivity contribution in [3.05, 3.63) is 92.0 Å². The molecule has 0 atom stereocenters. The number of rotatable bonds is 6. The zero-order chi connectivity index (χ0) is 20.1. The predicted octanol–water partition coefficient (Wildman–Crippen LogP) is 3.51. The fourth-order valence-electron chi connectivity index (χ4n) is 2.36. The average molecular weight is 446 g/mol. The second kappa shape index (κ2) is 8.53. The first-order chi connectivity index (χ1) is 13.4. The quantitative estimate of drug-likeness (QED) is 0.356. The summed E-state index contributed by atoms with van der Waals surface area (Å²) in [7, 11) is 0. The smallest absolute Gasteiger partial charge is 0.265 e. The van der Waals surface area contributed by atoms with Crippen LogP contribution in [0.3, 0.4) is 0 Å². The third-order valence-electron chi connectivity index (χ3n) is 3.69. The molecular weight excluding hydrogens is 433 g/mol. The van der Waals surface area contributed by atoms with Gasteiger partial charge in [0.05, 0.1) is 17.7 Å². The largest absolute Gasteiger partial charge is 0.320 e. The summed E-state index contributed by atoms with van der Waals surface area (Å²) in [5.41, 5.74) is 2.32. The van der Waals surface area contributed by atoms with Crippen molar-refractivity contribution in [2.45, 2.75) is 6.54 Å². The van der Waals surface area contributed by atoms with Crippen LogP contribution in [-0.4, -0.2) is 26.8 Å². The summed E-state index contributed by atoms with van der Waals surface area (Å²) in [6, 6.07) is 13.2. The molecule has 2 aromatic carbocycles. The lowest BCUT2D eigenvalue weighted by Crippen LogP contribution is -2.20. The van der Waals surface area contributed by atoms with Gasteiger partial charge in [0.15, 0.2) is 0 Å². The fourth-order valence-corrected chi connectivity index (χ4v) is 2.62. The number of aromatic nitrogens is 2. The molecule has 0 aliphatic rings. The fraction of sp³-hybridized carbons (Fsp3) is 0.0556. The Labute approximate surface area is 167 Å². The molecule has 1 amide bonds. The molecule has 28 heavy (non-hydrogen) atoms. The van der Waals surface area contributed by atoms with E-state index in [0.29, 0.717) is 0 Å². The Balaban J connectivity index is 1.77. The molecule has 0 radical (unpaired) electrons. The number of halogens is 2. The van der Waals surface area contributed by atoms with E-state index in [2.05, 4.69) is 31.6 Å². The predicted molar refractivity (Wildman–Crippen MR) is 104 cm³/mol. The number of nitrogens with zero attached hydrogens (tertiary/aromatic N) is 4. The molecular formula is C18H13BrFN5O3. The lowest BCUT2D eigenvalue weighted by molar-refractivity contribution is -0.385. The number of hydrogen-bond acceptors (Lipinski definition) is 5. The standard InChI is InChI=1S/C18H13BrFN5O3/c19-14-7-5-12(6-8-14)10-24-11-16(25(27)28)17(23-24)18(26)22-21-9-13-3-1-2-4-15(13)20/h1-9,11H,10H2,(H,22,26)/b21-9-. The van der Waals surface area contributed by atoms with Gasteiger partial charge in [-0.05, 0) is 23.8 Å². The molecule has 0 bridgehead atoms. The molecule has 1 aromatic heterocycles. The van der Waals surface area contributed by atoms with Crippen LogP contribution in [0.4, 0.5) is 10.1 Å². The number of carbonyl (C=O) groups excluding carboxylic acids is 1. The number of hydrogen-bond donors (Lipinski definition) is 1. The van der Waals surface area contributed by atoms with Crippen LogP contribution in [0, 0.1) is 15.9 Å². The van der Waals surface area contributed by atoms with E-state index in [1.807, 2.05) is 24.3 Å². The number of amides is 1. The number of nitrogens with one attached hydrogen (secondary N) is 1. The molecule has 142 valence electrons. The number of benzene rings is 2. The van der Waals surface area contributed by atoms with E-state index in [-0.39, 0.29) is 17.8 Å². The molecule has 1 N–H and O–H groups in total. The summed E-state index contributed by atoms with van der Waals surface area (Å²) in [5.74, 6) is -1.38. The van der Waals surface area contributed by atoms with Crippen LogP contribution in [0.15, 0.2) is 64.3 Å². The summed E-state index contributed by atoms with van der Waals surface area (Å²) in [4.78, 5) is 22.8. The number of hydrazone groups is 1. The molecule has 0 unspecified atom stereocenters. The summed E-state index contributed by atoms with van der Waals surface area (Å²) < 4.78 is 15.7. The molecule has 3 aromatic rings. The Bertz CT molecular complexity index is 1050. The van der Waals surface area contributed by atoms with Crippen molar-refractivity contribution < 1.29 is 14.1 Å². The zero-order valence-corrected chi connectivity index (χ0v) is 15.8. The van der Waals surface area contributed by atoms with Crippen molar-refractivity contribution in [2.75, 3.05) is 0 Å². The Hall–Kier alpha value is -3.40. The maximum Gasteiger partial charge on any atom is 0.320 e. The normalized spacial score (nSPS) is 10.9. The average Bonchev–Trinajstić information content (AvgIpc) is 3.09. The van der Waals surface area contributed by atoms with Crippen molar-refractivity contribution in [2.24, 2.45) is 5.10 Å². The van der Waals surface area contributed by atoms with Crippen LogP contribution in [0.5, 0.6) is 0 Å². The second-order valence-electron chi connectivity index (χ2n) is 5.66. The third-order valence-corrected chi connectivity index (χ3v) is 4.22. The summed E-state index contributed by atoms with van der Waals surface area (Å²) in [5, 5.41) is 18.9. The third kappa shape index (κ3) is 4.65. The molecule has 0 saturated carbocycles. The molecule has 3 rings (SSSR count). The van der Waals surface area contributed by atoms with Gasteiger partial charge in [0.25, 0.3) is 5.91 Å². The van der Waals surface area contributed by atoms with Gasteiger partial charge >= 0.3 is 5.69 Å². The van der Waals surface area contributed by atoms with Crippen LogP contribution >= 0.6 is 15.9 Å². The van der Waals surface area contributed by atoms with Gasteiger partial charge in [-0.25, -0.2) is 9.82 Å². The molecule has 1 heterocycles. The van der Waals surface area contributed by atoms with E-state index in [9.17, 15) is 19.3 Å². The maximum absolute atomic E-state index is 13.5. The van der Waals surface area contributed by atoms with Gasteiger partial charge in [-0.2, -0.15) is 10.2 Å². The van der Waals surface area contributed by atoms with Gasteiger partial charge in [-0.1, -0.05) is 46.3 Å². The molecule has 0 spiro atoms. The first kappa shape index (κ1) is 19.4. The van der Waals surface area contributed by atoms with Crippen molar-refractivity contribution in [3.8, 4) is 0 Å². The summed E-state index contributed by atoms with van der Waals surface area (Å²) >= 11 is 3.33. The van der Waals surface area contributed by atoms with Crippen LogP contribution in [0.2, 0.25) is 0 Å². The lowest BCUT2D eigenvalue weighted by Gasteiger charge is -2.01. The Morgan fingerprint density at radius 3 is 2.68 bits per heavy atom. The van der Waals surface area contributed by atoms with E-state index in [1.54, 1.807) is 6.07 Å². The van der Waals surface area contributed by atoms with E-state index in [4.69, 9.17) is 0 Å². The second-order valence-corrected chi connectivity index (χ2v) is 6.58. The van der Waals surface area contributed by atoms with Gasteiger partial charge in [-0.3, -0.25) is 19.6 Å². The monoisotopic (exact) mass is 445 g/mol. The van der Waals surface area contributed by atoms with Crippen molar-refractivity contribution in [3.63, 3.8) is 0 Å². The minimum Gasteiger partial charge on any atom is -0.265 e. The van der Waals surface area contributed by atoms with Gasteiger partial charge in [0, 0.05) is 10.0 Å².